The molecule has 0 aliphatic heterocycles. The molecule has 1 aromatic carbocycles. The van der Waals surface area contributed by atoms with E-state index in [0.717, 1.165) is 33.4 Å². The van der Waals surface area contributed by atoms with Crippen LogP contribution in [0.15, 0.2) is 48.3 Å². The van der Waals surface area contributed by atoms with Gasteiger partial charge in [0.25, 0.3) is 0 Å². The van der Waals surface area contributed by atoms with E-state index in [-0.39, 0.29) is 5.82 Å². The van der Waals surface area contributed by atoms with Crippen LogP contribution in [-0.4, -0.2) is 11.6 Å². The first-order valence-corrected chi connectivity index (χ1v) is 7.14. The first-order valence-electron chi connectivity index (χ1n) is 7.14. The molecule has 3 nitrogen and oxygen atoms in total. The second-order valence-corrected chi connectivity index (χ2v) is 5.25. The zero-order valence-electron chi connectivity index (χ0n) is 12.3. The molecule has 2 N–H and O–H groups in total. The number of nitrogens with zero attached hydrogens (tertiary/aromatic N) is 1. The number of halogens is 1. The number of benzene rings is 1. The molecule has 0 saturated heterocycles. The summed E-state index contributed by atoms with van der Waals surface area (Å²) in [5.41, 5.74) is 6.36. The van der Waals surface area contributed by atoms with Crippen molar-refractivity contribution in [1.82, 2.24) is 4.98 Å². The molecule has 0 unspecified atom stereocenters. The van der Waals surface area contributed by atoms with Gasteiger partial charge in [0.05, 0.1) is 6.61 Å². The van der Waals surface area contributed by atoms with Crippen LogP contribution in [0.3, 0.4) is 0 Å². The number of hydrogen-bond acceptors (Lipinski definition) is 3. The lowest BCUT2D eigenvalue weighted by Crippen LogP contribution is -2.01. The fraction of sp³-hybridized carbons (Fsp3) is 0.167. The van der Waals surface area contributed by atoms with Crippen LogP contribution < -0.4 is 5.90 Å². The molecule has 0 fully saturated rings. The molecule has 0 saturated carbocycles. The highest BCUT2D eigenvalue weighted by Gasteiger charge is 2.23. The Kier molecular flexibility index (Phi) is 4.13. The molecule has 0 radical (unpaired) electrons. The molecule has 4 heteroatoms. The number of allylic oxidation sites excluding steroid dienone is 2. The van der Waals surface area contributed by atoms with Gasteiger partial charge in [0.15, 0.2) is 0 Å². The summed E-state index contributed by atoms with van der Waals surface area (Å²) in [5, 5.41) is 0. The summed E-state index contributed by atoms with van der Waals surface area (Å²) in [5.74, 6) is 4.91. The zero-order chi connectivity index (χ0) is 15.5. The average molecular weight is 296 g/mol. The van der Waals surface area contributed by atoms with Crippen LogP contribution in [0.2, 0.25) is 0 Å². The standard InChI is InChI=1S/C18H17FN2O/c1-12-15(6-9-22-20)18-11-14(19)2-3-16(18)17(12)10-13-4-7-21-8-5-13/h2-5,7-8,10-11H,6,9,20H2,1H3/b17-10+. The molecule has 1 aromatic heterocycles. The van der Waals surface area contributed by atoms with Crippen molar-refractivity contribution in [2.75, 3.05) is 6.61 Å². The lowest BCUT2D eigenvalue weighted by atomic mass is 10.0. The smallest absolute Gasteiger partial charge is 0.123 e. The van der Waals surface area contributed by atoms with E-state index in [2.05, 4.69) is 18.0 Å². The van der Waals surface area contributed by atoms with E-state index in [4.69, 9.17) is 10.7 Å². The van der Waals surface area contributed by atoms with Crippen LogP contribution in [0.5, 0.6) is 0 Å². The third-order valence-corrected chi connectivity index (χ3v) is 3.94. The van der Waals surface area contributed by atoms with Gasteiger partial charge in [-0.25, -0.2) is 10.3 Å². The molecular formula is C18H17FN2O. The van der Waals surface area contributed by atoms with Crippen molar-refractivity contribution < 1.29 is 9.23 Å². The lowest BCUT2D eigenvalue weighted by Gasteiger charge is -2.05. The van der Waals surface area contributed by atoms with Gasteiger partial charge in [-0.1, -0.05) is 6.07 Å². The molecule has 3 rings (SSSR count). The van der Waals surface area contributed by atoms with E-state index in [1.807, 2.05) is 18.2 Å². The molecule has 0 amide bonds. The minimum absolute atomic E-state index is 0.233. The molecule has 112 valence electrons. The number of fused-ring (bicyclic) bond motifs is 1. The van der Waals surface area contributed by atoms with Crippen LogP contribution in [0.1, 0.15) is 30.0 Å². The van der Waals surface area contributed by atoms with Crippen LogP contribution >= 0.6 is 0 Å². The Morgan fingerprint density at radius 3 is 2.68 bits per heavy atom. The molecule has 0 bridgehead atoms. The maximum absolute atomic E-state index is 13.6. The Labute approximate surface area is 128 Å². The SMILES string of the molecule is CC1=C(CCON)c2cc(F)ccc2/C1=C/c1ccncc1. The van der Waals surface area contributed by atoms with Gasteiger partial charge in [-0.05, 0) is 77.1 Å². The van der Waals surface area contributed by atoms with E-state index in [1.54, 1.807) is 18.5 Å². The molecule has 22 heavy (non-hydrogen) atoms. The van der Waals surface area contributed by atoms with Crippen molar-refractivity contribution in [3.63, 3.8) is 0 Å². The van der Waals surface area contributed by atoms with Gasteiger partial charge in [-0.2, -0.15) is 0 Å². The first-order chi connectivity index (χ1) is 10.7. The molecular weight excluding hydrogens is 279 g/mol. The van der Waals surface area contributed by atoms with Gasteiger partial charge in [0.1, 0.15) is 5.82 Å². The molecule has 0 atom stereocenters. The Morgan fingerprint density at radius 1 is 1.18 bits per heavy atom. The van der Waals surface area contributed by atoms with Gasteiger partial charge >= 0.3 is 0 Å². The molecule has 0 spiro atoms. The van der Waals surface area contributed by atoms with Crippen molar-refractivity contribution in [2.45, 2.75) is 13.3 Å². The topological polar surface area (TPSA) is 48.1 Å². The Morgan fingerprint density at radius 2 is 1.95 bits per heavy atom. The Balaban J connectivity index is 2.11. The van der Waals surface area contributed by atoms with E-state index in [9.17, 15) is 4.39 Å². The largest absolute Gasteiger partial charge is 0.304 e. The summed E-state index contributed by atoms with van der Waals surface area (Å²) in [6, 6.07) is 8.80. The third-order valence-electron chi connectivity index (χ3n) is 3.94. The number of aromatic nitrogens is 1. The van der Waals surface area contributed by atoms with E-state index < -0.39 is 0 Å². The maximum Gasteiger partial charge on any atom is 0.123 e. The van der Waals surface area contributed by atoms with Crippen LogP contribution in [0, 0.1) is 5.82 Å². The fourth-order valence-corrected chi connectivity index (χ4v) is 2.86. The highest BCUT2D eigenvalue weighted by molar-refractivity contribution is 6.05. The summed E-state index contributed by atoms with van der Waals surface area (Å²) in [4.78, 5) is 8.72. The van der Waals surface area contributed by atoms with Crippen molar-refractivity contribution in [2.24, 2.45) is 5.90 Å². The monoisotopic (exact) mass is 296 g/mol. The second-order valence-electron chi connectivity index (χ2n) is 5.25. The molecule has 2 aromatic rings. The fourth-order valence-electron chi connectivity index (χ4n) is 2.86. The number of rotatable bonds is 4. The van der Waals surface area contributed by atoms with E-state index >= 15 is 0 Å². The first kappa shape index (κ1) is 14.6. The Bertz CT molecular complexity index is 751. The predicted octanol–water partition coefficient (Wildman–Crippen LogP) is 3.83. The quantitative estimate of drug-likeness (QED) is 0.872. The molecule has 1 heterocycles. The van der Waals surface area contributed by atoms with Crippen molar-refractivity contribution in [1.29, 1.82) is 0 Å². The number of hydrogen-bond donors (Lipinski definition) is 1. The second kappa shape index (κ2) is 6.22. The van der Waals surface area contributed by atoms with Gasteiger partial charge in [-0.3, -0.25) is 4.98 Å². The van der Waals surface area contributed by atoms with Gasteiger partial charge < -0.3 is 4.84 Å². The van der Waals surface area contributed by atoms with Gasteiger partial charge in [0.2, 0.25) is 0 Å². The number of nitrogens with two attached hydrogens (primary N) is 1. The van der Waals surface area contributed by atoms with Crippen molar-refractivity contribution >= 4 is 17.2 Å². The number of pyridine rings is 1. The molecule has 1 aliphatic rings. The molecule has 1 aliphatic carbocycles. The summed E-state index contributed by atoms with van der Waals surface area (Å²) in [6.07, 6.45) is 6.28. The predicted molar refractivity (Wildman–Crippen MR) is 85.9 cm³/mol. The Hall–Kier alpha value is -2.30. The maximum atomic E-state index is 13.6. The lowest BCUT2D eigenvalue weighted by molar-refractivity contribution is 0.144. The van der Waals surface area contributed by atoms with E-state index in [1.165, 1.54) is 6.07 Å². The van der Waals surface area contributed by atoms with Crippen LogP contribution in [-0.2, 0) is 4.84 Å². The zero-order valence-corrected chi connectivity index (χ0v) is 12.3. The summed E-state index contributed by atoms with van der Waals surface area (Å²) in [7, 11) is 0. The van der Waals surface area contributed by atoms with Crippen molar-refractivity contribution in [3.05, 3.63) is 70.8 Å². The normalized spacial score (nSPS) is 15.5. The van der Waals surface area contributed by atoms with Gasteiger partial charge in [-0.15, -0.1) is 0 Å². The minimum atomic E-state index is -0.233. The third kappa shape index (κ3) is 2.71. The summed E-state index contributed by atoms with van der Waals surface area (Å²) < 4.78 is 13.6. The summed E-state index contributed by atoms with van der Waals surface area (Å²) in [6.45, 7) is 2.46. The van der Waals surface area contributed by atoms with Crippen LogP contribution in [0.4, 0.5) is 4.39 Å². The van der Waals surface area contributed by atoms with Crippen LogP contribution in [0.25, 0.3) is 17.2 Å². The highest BCUT2D eigenvalue weighted by atomic mass is 19.1. The minimum Gasteiger partial charge on any atom is -0.304 e. The van der Waals surface area contributed by atoms with Gasteiger partial charge in [0, 0.05) is 12.4 Å². The highest BCUT2D eigenvalue weighted by Crippen LogP contribution is 2.43. The van der Waals surface area contributed by atoms with Crippen molar-refractivity contribution in [3.8, 4) is 0 Å². The summed E-state index contributed by atoms with van der Waals surface area (Å²) >= 11 is 0. The average Bonchev–Trinajstić information content (AvgIpc) is 2.78. The van der Waals surface area contributed by atoms with E-state index in [0.29, 0.717) is 13.0 Å².